The van der Waals surface area contributed by atoms with Crippen LogP contribution in [0.25, 0.3) is 16.7 Å². The summed E-state index contributed by atoms with van der Waals surface area (Å²) in [6.45, 7) is 0. The van der Waals surface area contributed by atoms with Crippen LogP contribution in [0, 0.1) is 0 Å². The Hall–Kier alpha value is -2.44. The Morgan fingerprint density at radius 3 is 2.67 bits per heavy atom. The van der Waals surface area contributed by atoms with E-state index in [2.05, 4.69) is 36.3 Å². The van der Waals surface area contributed by atoms with E-state index in [9.17, 15) is 0 Å². The molecule has 5 nitrogen and oxygen atoms in total. The van der Waals surface area contributed by atoms with E-state index >= 15 is 0 Å². The number of benzene rings is 2. The Morgan fingerprint density at radius 2 is 1.88 bits per heavy atom. The zero-order valence-electron chi connectivity index (χ0n) is 12.3. The highest BCUT2D eigenvalue weighted by Gasteiger charge is 2.11. The van der Waals surface area contributed by atoms with Crippen molar-refractivity contribution in [3.05, 3.63) is 70.6 Å². The quantitative estimate of drug-likeness (QED) is 0.527. The molecule has 2 aromatic heterocycles. The standard InChI is InChI=1S/C17H11BrClN5/c18-11-4-6-13(7-5-11)23-16-15-9-22-24(17(15)21-10-20-16)14-3-1-2-12(19)8-14/h1-10H,(H,20,21,23). The average Bonchev–Trinajstić information content (AvgIpc) is 3.02. The van der Waals surface area contributed by atoms with Crippen LogP contribution in [0.5, 0.6) is 0 Å². The fourth-order valence-corrected chi connectivity index (χ4v) is 2.86. The lowest BCUT2D eigenvalue weighted by atomic mass is 10.3. The molecule has 0 unspecified atom stereocenters. The molecule has 0 bridgehead atoms. The number of anilines is 2. The van der Waals surface area contributed by atoms with Gasteiger partial charge in [0.15, 0.2) is 5.65 Å². The zero-order chi connectivity index (χ0) is 16.5. The average molecular weight is 401 g/mol. The molecular formula is C17H11BrClN5. The van der Waals surface area contributed by atoms with E-state index in [4.69, 9.17) is 11.6 Å². The summed E-state index contributed by atoms with van der Waals surface area (Å²) in [5.74, 6) is 0.704. The first kappa shape index (κ1) is 15.1. The van der Waals surface area contributed by atoms with Gasteiger partial charge in [0.05, 0.1) is 17.3 Å². The van der Waals surface area contributed by atoms with Gasteiger partial charge in [-0.1, -0.05) is 33.6 Å². The first-order valence-corrected chi connectivity index (χ1v) is 8.35. The molecule has 0 spiro atoms. The lowest BCUT2D eigenvalue weighted by Crippen LogP contribution is -1.99. The van der Waals surface area contributed by atoms with Crippen LogP contribution in [0.15, 0.2) is 65.5 Å². The monoisotopic (exact) mass is 399 g/mol. The number of rotatable bonds is 3. The summed E-state index contributed by atoms with van der Waals surface area (Å²) in [4.78, 5) is 8.70. The van der Waals surface area contributed by atoms with Crippen molar-refractivity contribution in [3.63, 3.8) is 0 Å². The van der Waals surface area contributed by atoms with Gasteiger partial charge < -0.3 is 5.32 Å². The van der Waals surface area contributed by atoms with Gasteiger partial charge in [-0.2, -0.15) is 5.10 Å². The third-order valence-corrected chi connectivity index (χ3v) is 4.29. The largest absolute Gasteiger partial charge is 0.340 e. The third kappa shape index (κ3) is 2.86. The van der Waals surface area contributed by atoms with Crippen LogP contribution >= 0.6 is 27.5 Å². The van der Waals surface area contributed by atoms with Gasteiger partial charge in [-0.15, -0.1) is 0 Å². The van der Waals surface area contributed by atoms with E-state index in [1.807, 2.05) is 48.5 Å². The molecule has 2 aromatic carbocycles. The zero-order valence-corrected chi connectivity index (χ0v) is 14.7. The molecular weight excluding hydrogens is 390 g/mol. The Balaban J connectivity index is 1.77. The maximum atomic E-state index is 6.07. The maximum absolute atomic E-state index is 6.07. The minimum absolute atomic E-state index is 0.651. The van der Waals surface area contributed by atoms with Gasteiger partial charge in [-0.05, 0) is 42.5 Å². The summed E-state index contributed by atoms with van der Waals surface area (Å²) in [5.41, 5.74) is 2.51. The third-order valence-electron chi connectivity index (χ3n) is 3.53. The van der Waals surface area contributed by atoms with Gasteiger partial charge >= 0.3 is 0 Å². The van der Waals surface area contributed by atoms with E-state index in [0.717, 1.165) is 21.2 Å². The number of fused-ring (bicyclic) bond motifs is 1. The minimum atomic E-state index is 0.651. The molecule has 2 heterocycles. The summed E-state index contributed by atoms with van der Waals surface area (Å²) < 4.78 is 2.77. The van der Waals surface area contributed by atoms with Crippen LogP contribution in [0.3, 0.4) is 0 Å². The van der Waals surface area contributed by atoms with Gasteiger partial charge in [0, 0.05) is 15.2 Å². The highest BCUT2D eigenvalue weighted by Crippen LogP contribution is 2.26. The lowest BCUT2D eigenvalue weighted by Gasteiger charge is -2.07. The first-order chi connectivity index (χ1) is 11.7. The highest BCUT2D eigenvalue weighted by molar-refractivity contribution is 9.10. The van der Waals surface area contributed by atoms with E-state index in [-0.39, 0.29) is 0 Å². The number of nitrogens with one attached hydrogen (secondary N) is 1. The summed E-state index contributed by atoms with van der Waals surface area (Å²) in [7, 11) is 0. The number of hydrogen-bond acceptors (Lipinski definition) is 4. The molecule has 0 amide bonds. The molecule has 1 N–H and O–H groups in total. The van der Waals surface area contributed by atoms with Crippen LogP contribution < -0.4 is 5.32 Å². The van der Waals surface area contributed by atoms with Gasteiger partial charge in [-0.3, -0.25) is 0 Å². The summed E-state index contributed by atoms with van der Waals surface area (Å²) in [6, 6.07) is 15.4. The molecule has 0 fully saturated rings. The van der Waals surface area contributed by atoms with Gasteiger partial charge in [0.25, 0.3) is 0 Å². The second-order valence-electron chi connectivity index (χ2n) is 5.13. The normalized spacial score (nSPS) is 10.9. The van der Waals surface area contributed by atoms with Gasteiger partial charge in [-0.25, -0.2) is 14.6 Å². The van der Waals surface area contributed by atoms with Crippen molar-refractivity contribution < 1.29 is 0 Å². The molecule has 0 saturated carbocycles. The topological polar surface area (TPSA) is 55.6 Å². The first-order valence-electron chi connectivity index (χ1n) is 7.18. The molecule has 4 rings (SSSR count). The van der Waals surface area contributed by atoms with E-state index < -0.39 is 0 Å². The van der Waals surface area contributed by atoms with Gasteiger partial charge in [0.2, 0.25) is 0 Å². The molecule has 24 heavy (non-hydrogen) atoms. The molecule has 0 atom stereocenters. The minimum Gasteiger partial charge on any atom is -0.340 e. The van der Waals surface area contributed by atoms with Crippen LogP contribution in [0.4, 0.5) is 11.5 Å². The number of aromatic nitrogens is 4. The molecule has 0 aliphatic heterocycles. The molecule has 4 aromatic rings. The lowest BCUT2D eigenvalue weighted by molar-refractivity contribution is 0.895. The van der Waals surface area contributed by atoms with Crippen molar-refractivity contribution in [1.29, 1.82) is 0 Å². The van der Waals surface area contributed by atoms with Crippen molar-refractivity contribution in [2.24, 2.45) is 0 Å². The van der Waals surface area contributed by atoms with Crippen molar-refractivity contribution >= 4 is 50.1 Å². The van der Waals surface area contributed by atoms with Crippen LogP contribution in [-0.2, 0) is 0 Å². The number of nitrogens with zero attached hydrogens (tertiary/aromatic N) is 4. The van der Waals surface area contributed by atoms with Crippen molar-refractivity contribution in [2.75, 3.05) is 5.32 Å². The molecule has 0 radical (unpaired) electrons. The van der Waals surface area contributed by atoms with Crippen LogP contribution in [0.2, 0.25) is 5.02 Å². The number of hydrogen-bond donors (Lipinski definition) is 1. The Labute approximate surface area is 151 Å². The maximum Gasteiger partial charge on any atom is 0.168 e. The fraction of sp³-hybridized carbons (Fsp3) is 0. The predicted molar refractivity (Wildman–Crippen MR) is 99.1 cm³/mol. The van der Waals surface area contributed by atoms with Crippen molar-refractivity contribution in [2.45, 2.75) is 0 Å². The fourth-order valence-electron chi connectivity index (χ4n) is 2.41. The Morgan fingerprint density at radius 1 is 1.04 bits per heavy atom. The van der Waals surface area contributed by atoms with Crippen molar-refractivity contribution in [1.82, 2.24) is 19.7 Å². The predicted octanol–water partition coefficient (Wildman–Crippen LogP) is 4.98. The van der Waals surface area contributed by atoms with Crippen LogP contribution in [-0.4, -0.2) is 19.7 Å². The second kappa shape index (κ2) is 6.22. The summed E-state index contributed by atoms with van der Waals surface area (Å²) >= 11 is 9.50. The second-order valence-corrected chi connectivity index (χ2v) is 6.48. The molecule has 118 valence electrons. The van der Waals surface area contributed by atoms with E-state index in [0.29, 0.717) is 16.5 Å². The molecule has 0 saturated heterocycles. The Bertz CT molecular complexity index is 1010. The smallest absolute Gasteiger partial charge is 0.168 e. The van der Waals surface area contributed by atoms with Gasteiger partial charge in [0.1, 0.15) is 12.1 Å². The summed E-state index contributed by atoms with van der Waals surface area (Å²) in [5, 5.41) is 9.22. The SMILES string of the molecule is Clc1cccc(-n2ncc3c(Nc4ccc(Br)cc4)ncnc32)c1. The molecule has 0 aliphatic carbocycles. The van der Waals surface area contributed by atoms with Crippen molar-refractivity contribution in [3.8, 4) is 5.69 Å². The van der Waals surface area contributed by atoms with E-state index in [1.54, 1.807) is 10.9 Å². The van der Waals surface area contributed by atoms with Crippen LogP contribution in [0.1, 0.15) is 0 Å². The molecule has 0 aliphatic rings. The van der Waals surface area contributed by atoms with E-state index in [1.165, 1.54) is 6.33 Å². The Kier molecular flexibility index (Phi) is 3.92. The summed E-state index contributed by atoms with van der Waals surface area (Å²) in [6.07, 6.45) is 3.27. The molecule has 7 heteroatoms. The highest BCUT2D eigenvalue weighted by atomic mass is 79.9. The number of halogens is 2.